The van der Waals surface area contributed by atoms with Crippen molar-refractivity contribution in [2.24, 2.45) is 0 Å². The third kappa shape index (κ3) is 7.09. The molecule has 6 aromatic rings. The lowest BCUT2D eigenvalue weighted by atomic mass is 10.1. The maximum absolute atomic E-state index is 13.3. The summed E-state index contributed by atoms with van der Waals surface area (Å²) in [6.45, 7) is 1.13. The van der Waals surface area contributed by atoms with Gasteiger partial charge >= 0.3 is 0 Å². The van der Waals surface area contributed by atoms with Crippen LogP contribution in [0.2, 0.25) is 0 Å². The molecule has 0 saturated carbocycles. The molecule has 53 heavy (non-hydrogen) atoms. The number of nitrogens with one attached hydrogen (secondary N) is 2. The fraction of sp³-hybridized carbons (Fsp3) is 0.238. The minimum Gasteiger partial charge on any atom is -0.457 e. The third-order valence-corrected chi connectivity index (χ3v) is 10.1. The molecule has 268 valence electrons. The van der Waals surface area contributed by atoms with Gasteiger partial charge in [-0.2, -0.15) is 0 Å². The molecule has 8 rings (SSSR count). The second kappa shape index (κ2) is 14.9. The molecule has 0 radical (unpaired) electrons. The van der Waals surface area contributed by atoms with Crippen LogP contribution in [0, 0.1) is 0 Å². The smallest absolute Gasteiger partial charge is 0.256 e. The summed E-state index contributed by atoms with van der Waals surface area (Å²) in [4.78, 5) is 46.0. The minimum atomic E-state index is -1.22. The number of aromatic nitrogens is 4. The van der Waals surface area contributed by atoms with E-state index in [2.05, 4.69) is 19.9 Å². The molecule has 4 aromatic carbocycles. The molecule has 2 fully saturated rings. The summed E-state index contributed by atoms with van der Waals surface area (Å²) in [6, 6.07) is 32.9. The van der Waals surface area contributed by atoms with Crippen molar-refractivity contribution in [3.8, 4) is 34.0 Å². The Morgan fingerprint density at radius 1 is 0.623 bits per heavy atom. The Labute approximate surface area is 306 Å². The lowest BCUT2D eigenvalue weighted by molar-refractivity contribution is -0.142. The molecular formula is C42H40N6O5. The number of hydrogen-bond acceptors (Lipinski definition) is 7. The number of aliphatic hydroxyl groups excluding tert-OH is 2. The fourth-order valence-corrected chi connectivity index (χ4v) is 7.37. The molecule has 11 nitrogen and oxygen atoms in total. The normalized spacial score (nSPS) is 18.2. The number of nitrogens with zero attached hydrogens (tertiary/aromatic N) is 4. The number of amides is 2. The molecular weight excluding hydrogens is 668 g/mol. The number of likely N-dealkylation sites (tertiary alicyclic amines) is 2. The van der Waals surface area contributed by atoms with E-state index < -0.39 is 12.2 Å². The molecule has 2 amide bonds. The Morgan fingerprint density at radius 3 is 1.66 bits per heavy atom. The van der Waals surface area contributed by atoms with Gasteiger partial charge in [-0.05, 0) is 78.8 Å². The van der Waals surface area contributed by atoms with Crippen molar-refractivity contribution in [3.05, 3.63) is 144 Å². The van der Waals surface area contributed by atoms with Crippen LogP contribution in [0.25, 0.3) is 22.5 Å². The molecule has 0 bridgehead atoms. The van der Waals surface area contributed by atoms with Crippen molar-refractivity contribution < 1.29 is 24.5 Å². The third-order valence-electron chi connectivity index (χ3n) is 10.1. The molecule has 4 atom stereocenters. The predicted octanol–water partition coefficient (Wildman–Crippen LogP) is 7.05. The van der Waals surface area contributed by atoms with Crippen LogP contribution in [-0.2, 0) is 9.59 Å². The molecule has 4 N–H and O–H groups in total. The standard InChI is InChI=1S/C42H40N6O5/c49-37(28-10-3-1-4-11-28)41(51)47-22-8-16-35(47)39-43-25-33(45-39)27-18-20-31(21-19-27)53-32-15-7-14-30(24-32)34-26-44-40(46-34)36-17-9-23-48(36)42(52)38(50)29-12-5-2-6-13-29/h1-7,10-15,18-21,24-26,35-38,49-50H,8-9,16-17,22-23H2,(H,43,45)(H,44,46). The first kappa shape index (κ1) is 34.1. The van der Waals surface area contributed by atoms with E-state index in [4.69, 9.17) is 4.74 Å². The zero-order valence-electron chi connectivity index (χ0n) is 29.0. The zero-order valence-corrected chi connectivity index (χ0v) is 29.0. The second-order valence-electron chi connectivity index (χ2n) is 13.5. The number of aliphatic hydroxyl groups is 2. The van der Waals surface area contributed by atoms with Gasteiger partial charge in [0, 0.05) is 18.7 Å². The molecule has 4 unspecified atom stereocenters. The van der Waals surface area contributed by atoms with Gasteiger partial charge < -0.3 is 34.7 Å². The van der Waals surface area contributed by atoms with Gasteiger partial charge in [-0.15, -0.1) is 0 Å². The Morgan fingerprint density at radius 2 is 1.13 bits per heavy atom. The number of ether oxygens (including phenoxy) is 1. The first-order valence-corrected chi connectivity index (χ1v) is 18.0. The van der Waals surface area contributed by atoms with Crippen LogP contribution < -0.4 is 4.74 Å². The second-order valence-corrected chi connectivity index (χ2v) is 13.5. The van der Waals surface area contributed by atoms with Gasteiger partial charge in [0.05, 0.1) is 35.9 Å². The summed E-state index contributed by atoms with van der Waals surface area (Å²) < 4.78 is 6.23. The van der Waals surface area contributed by atoms with E-state index in [1.54, 1.807) is 46.5 Å². The van der Waals surface area contributed by atoms with Crippen LogP contribution >= 0.6 is 0 Å². The Bertz CT molecular complexity index is 2180. The van der Waals surface area contributed by atoms with Crippen molar-refractivity contribution in [3.63, 3.8) is 0 Å². The maximum Gasteiger partial charge on any atom is 0.256 e. The van der Waals surface area contributed by atoms with Crippen LogP contribution in [0.1, 0.15) is 72.8 Å². The Balaban J connectivity index is 0.914. The van der Waals surface area contributed by atoms with Crippen LogP contribution in [-0.4, -0.2) is 64.9 Å². The van der Waals surface area contributed by atoms with Crippen LogP contribution in [0.15, 0.2) is 122 Å². The summed E-state index contributed by atoms with van der Waals surface area (Å²) in [5.74, 6) is 2.06. The van der Waals surface area contributed by atoms with Crippen LogP contribution in [0.5, 0.6) is 11.5 Å². The number of hydrogen-bond donors (Lipinski definition) is 4. The van der Waals surface area contributed by atoms with Gasteiger partial charge in [0.2, 0.25) is 0 Å². The number of benzene rings is 4. The quantitative estimate of drug-likeness (QED) is 0.119. The highest BCUT2D eigenvalue weighted by molar-refractivity contribution is 5.83. The maximum atomic E-state index is 13.3. The lowest BCUT2D eigenvalue weighted by Gasteiger charge is -2.25. The van der Waals surface area contributed by atoms with Crippen molar-refractivity contribution in [1.82, 2.24) is 29.7 Å². The highest BCUT2D eigenvalue weighted by Gasteiger charge is 2.36. The predicted molar refractivity (Wildman–Crippen MR) is 198 cm³/mol. The van der Waals surface area contributed by atoms with E-state index >= 15 is 0 Å². The zero-order chi connectivity index (χ0) is 36.3. The average Bonchev–Trinajstić information content (AvgIpc) is 4.05. The number of H-pyrrole nitrogens is 2. The van der Waals surface area contributed by atoms with Crippen molar-refractivity contribution >= 4 is 11.8 Å². The first-order chi connectivity index (χ1) is 25.9. The number of imidazole rings is 2. The highest BCUT2D eigenvalue weighted by Crippen LogP contribution is 2.36. The first-order valence-electron chi connectivity index (χ1n) is 18.0. The SMILES string of the molecule is O=C(C(O)c1ccccc1)N1CCCC1c1ncc(-c2ccc(Oc3cccc(-c4cnc(C5CCCN5C(=O)C(O)c5ccccc5)[nH]4)c3)cc2)[nH]1. The van der Waals surface area contributed by atoms with E-state index in [1.165, 1.54) is 0 Å². The summed E-state index contributed by atoms with van der Waals surface area (Å²) in [6.07, 6.45) is 4.31. The topological polar surface area (TPSA) is 148 Å². The lowest BCUT2D eigenvalue weighted by Crippen LogP contribution is -2.35. The van der Waals surface area contributed by atoms with Gasteiger partial charge in [0.1, 0.15) is 23.1 Å². The molecule has 2 aliphatic heterocycles. The van der Waals surface area contributed by atoms with Crippen LogP contribution in [0.4, 0.5) is 0 Å². The highest BCUT2D eigenvalue weighted by atomic mass is 16.5. The molecule has 4 heterocycles. The molecule has 2 saturated heterocycles. The van der Waals surface area contributed by atoms with Gasteiger partial charge in [0.15, 0.2) is 12.2 Å². The van der Waals surface area contributed by atoms with Crippen molar-refractivity contribution in [2.75, 3.05) is 13.1 Å². The Hall–Kier alpha value is -6.04. The summed E-state index contributed by atoms with van der Waals surface area (Å²) in [5.41, 5.74) is 4.59. The minimum absolute atomic E-state index is 0.234. The fourth-order valence-electron chi connectivity index (χ4n) is 7.37. The van der Waals surface area contributed by atoms with E-state index in [9.17, 15) is 19.8 Å². The number of carbonyl (C=O) groups excluding carboxylic acids is 2. The number of carbonyl (C=O) groups is 2. The van der Waals surface area contributed by atoms with Crippen molar-refractivity contribution in [2.45, 2.75) is 50.0 Å². The summed E-state index contributed by atoms with van der Waals surface area (Å²) >= 11 is 0. The van der Waals surface area contributed by atoms with E-state index in [0.717, 1.165) is 48.2 Å². The number of aromatic amines is 2. The van der Waals surface area contributed by atoms with E-state index in [1.807, 2.05) is 84.9 Å². The van der Waals surface area contributed by atoms with Crippen molar-refractivity contribution in [1.29, 1.82) is 0 Å². The molecule has 11 heteroatoms. The average molecular weight is 709 g/mol. The molecule has 0 aliphatic carbocycles. The van der Waals surface area contributed by atoms with Gasteiger partial charge in [-0.1, -0.05) is 72.8 Å². The van der Waals surface area contributed by atoms with Gasteiger partial charge in [0.25, 0.3) is 11.8 Å². The van der Waals surface area contributed by atoms with Gasteiger partial charge in [-0.25, -0.2) is 9.97 Å². The molecule has 2 aromatic heterocycles. The van der Waals surface area contributed by atoms with E-state index in [0.29, 0.717) is 47.4 Å². The Kier molecular flexibility index (Phi) is 9.58. The molecule has 2 aliphatic rings. The largest absolute Gasteiger partial charge is 0.457 e. The van der Waals surface area contributed by atoms with E-state index in [-0.39, 0.29) is 23.9 Å². The summed E-state index contributed by atoms with van der Waals surface area (Å²) in [7, 11) is 0. The summed E-state index contributed by atoms with van der Waals surface area (Å²) in [5, 5.41) is 21.5. The van der Waals surface area contributed by atoms with Crippen LogP contribution in [0.3, 0.4) is 0 Å². The van der Waals surface area contributed by atoms with Gasteiger partial charge in [-0.3, -0.25) is 9.59 Å². The molecule has 0 spiro atoms. The number of rotatable bonds is 10. The monoisotopic (exact) mass is 708 g/mol.